The number of aromatic nitrogens is 2. The van der Waals surface area contributed by atoms with Gasteiger partial charge < -0.3 is 20.1 Å². The van der Waals surface area contributed by atoms with E-state index in [0.717, 1.165) is 33.7 Å². The van der Waals surface area contributed by atoms with Crippen LogP contribution in [0, 0.1) is 0 Å². The van der Waals surface area contributed by atoms with Crippen LogP contribution in [0.1, 0.15) is 5.56 Å². The van der Waals surface area contributed by atoms with Gasteiger partial charge in [0, 0.05) is 23.9 Å². The Bertz CT molecular complexity index is 1020. The fourth-order valence-corrected chi connectivity index (χ4v) is 2.91. The van der Waals surface area contributed by atoms with Gasteiger partial charge in [0.15, 0.2) is 11.5 Å². The van der Waals surface area contributed by atoms with Crippen LogP contribution in [-0.4, -0.2) is 22.2 Å². The minimum Gasteiger partial charge on any atom is -0.504 e. The summed E-state index contributed by atoms with van der Waals surface area (Å²) in [6.07, 6.45) is 0. The molecule has 1 heterocycles. The van der Waals surface area contributed by atoms with Crippen molar-refractivity contribution in [3.63, 3.8) is 0 Å². The molecule has 5 nitrogen and oxygen atoms in total. The Hall–Kier alpha value is -3.47. The zero-order valence-corrected chi connectivity index (χ0v) is 14.4. The number of rotatable bonds is 5. The summed E-state index contributed by atoms with van der Waals surface area (Å²) in [7, 11) is 1.54. The summed E-state index contributed by atoms with van der Waals surface area (Å²) in [5.74, 6) is 1.44. The number of nitrogens with one attached hydrogen (secondary N) is 2. The minimum absolute atomic E-state index is 0.130. The van der Waals surface area contributed by atoms with E-state index in [0.29, 0.717) is 12.3 Å². The minimum atomic E-state index is 0.130. The number of H-pyrrole nitrogens is 1. The van der Waals surface area contributed by atoms with Gasteiger partial charge >= 0.3 is 0 Å². The predicted octanol–water partition coefficient (Wildman–Crippen LogP) is 4.56. The molecular formula is C21H19N3O2. The van der Waals surface area contributed by atoms with Crippen LogP contribution in [0.15, 0.2) is 66.7 Å². The van der Waals surface area contributed by atoms with E-state index in [9.17, 15) is 5.11 Å². The summed E-state index contributed by atoms with van der Waals surface area (Å²) >= 11 is 0. The molecule has 0 fully saturated rings. The molecule has 3 aromatic carbocycles. The van der Waals surface area contributed by atoms with Crippen molar-refractivity contribution < 1.29 is 9.84 Å². The number of nitrogens with zero attached hydrogens (tertiary/aromatic N) is 1. The molecule has 0 spiro atoms. The number of imidazole rings is 1. The quantitative estimate of drug-likeness (QED) is 0.464. The first kappa shape index (κ1) is 16.0. The van der Waals surface area contributed by atoms with Crippen molar-refractivity contribution in [3.05, 3.63) is 72.3 Å². The van der Waals surface area contributed by atoms with Gasteiger partial charge in [0.25, 0.3) is 0 Å². The highest BCUT2D eigenvalue weighted by Gasteiger charge is 2.06. The third kappa shape index (κ3) is 3.19. The second kappa shape index (κ2) is 6.80. The lowest BCUT2D eigenvalue weighted by Gasteiger charge is -2.10. The summed E-state index contributed by atoms with van der Waals surface area (Å²) in [6, 6.07) is 21.5. The van der Waals surface area contributed by atoms with Crippen LogP contribution in [0.4, 0.5) is 5.69 Å². The largest absolute Gasteiger partial charge is 0.504 e. The van der Waals surface area contributed by atoms with Gasteiger partial charge in [0.2, 0.25) is 0 Å². The van der Waals surface area contributed by atoms with Gasteiger partial charge in [-0.2, -0.15) is 0 Å². The van der Waals surface area contributed by atoms with Gasteiger partial charge in [-0.1, -0.05) is 30.3 Å². The van der Waals surface area contributed by atoms with Crippen molar-refractivity contribution in [1.82, 2.24) is 9.97 Å². The van der Waals surface area contributed by atoms with Crippen LogP contribution < -0.4 is 10.1 Å². The summed E-state index contributed by atoms with van der Waals surface area (Å²) in [4.78, 5) is 8.01. The summed E-state index contributed by atoms with van der Waals surface area (Å²) in [5, 5.41) is 13.0. The third-order valence-corrected chi connectivity index (χ3v) is 4.27. The fraction of sp³-hybridized carbons (Fsp3) is 0.0952. The van der Waals surface area contributed by atoms with Crippen LogP contribution in [0.3, 0.4) is 0 Å². The van der Waals surface area contributed by atoms with Gasteiger partial charge in [-0.05, 0) is 35.9 Å². The second-order valence-corrected chi connectivity index (χ2v) is 6.04. The maximum atomic E-state index is 9.68. The zero-order valence-electron chi connectivity index (χ0n) is 14.4. The number of hydrogen-bond donors (Lipinski definition) is 3. The molecule has 26 heavy (non-hydrogen) atoms. The molecule has 0 radical (unpaired) electrons. The summed E-state index contributed by atoms with van der Waals surface area (Å²) < 4.78 is 5.14. The predicted molar refractivity (Wildman–Crippen MR) is 104 cm³/mol. The molecule has 130 valence electrons. The Labute approximate surface area is 151 Å². The second-order valence-electron chi connectivity index (χ2n) is 6.04. The maximum absolute atomic E-state index is 9.68. The molecule has 0 bridgehead atoms. The number of aromatic amines is 1. The molecule has 0 aliphatic carbocycles. The van der Waals surface area contributed by atoms with Crippen molar-refractivity contribution >= 4 is 16.7 Å². The van der Waals surface area contributed by atoms with E-state index in [2.05, 4.69) is 27.4 Å². The lowest BCUT2D eigenvalue weighted by atomic mass is 10.1. The molecule has 4 aromatic rings. The average Bonchev–Trinajstić information content (AvgIpc) is 3.12. The first-order valence-corrected chi connectivity index (χ1v) is 8.38. The Balaban J connectivity index is 1.54. The Kier molecular flexibility index (Phi) is 4.19. The molecular weight excluding hydrogens is 326 g/mol. The van der Waals surface area contributed by atoms with Crippen molar-refractivity contribution in [2.24, 2.45) is 0 Å². The number of fused-ring (bicyclic) bond motifs is 1. The Morgan fingerprint density at radius 2 is 1.92 bits per heavy atom. The van der Waals surface area contributed by atoms with E-state index in [-0.39, 0.29) is 5.75 Å². The number of hydrogen-bond acceptors (Lipinski definition) is 4. The number of ether oxygens (including phenoxy) is 1. The Morgan fingerprint density at radius 1 is 1.04 bits per heavy atom. The lowest BCUT2D eigenvalue weighted by molar-refractivity contribution is 0.373. The van der Waals surface area contributed by atoms with Crippen molar-refractivity contribution in [1.29, 1.82) is 0 Å². The van der Waals surface area contributed by atoms with E-state index in [1.165, 1.54) is 7.11 Å². The van der Waals surface area contributed by atoms with Gasteiger partial charge in [-0.25, -0.2) is 4.98 Å². The van der Waals surface area contributed by atoms with Gasteiger partial charge in [-0.15, -0.1) is 0 Å². The molecule has 0 aliphatic rings. The molecule has 0 saturated heterocycles. The summed E-state index contributed by atoms with van der Waals surface area (Å²) in [6.45, 7) is 0.655. The number of aromatic hydroxyl groups is 1. The highest BCUT2D eigenvalue weighted by atomic mass is 16.5. The Morgan fingerprint density at radius 3 is 2.77 bits per heavy atom. The van der Waals surface area contributed by atoms with Gasteiger partial charge in [-0.3, -0.25) is 0 Å². The lowest BCUT2D eigenvalue weighted by Crippen LogP contribution is -2.00. The first-order valence-electron chi connectivity index (χ1n) is 8.38. The molecule has 5 heteroatoms. The number of phenolic OH excluding ortho intramolecular Hbond substituents is 1. The van der Waals surface area contributed by atoms with E-state index < -0.39 is 0 Å². The zero-order chi connectivity index (χ0) is 17.9. The van der Waals surface area contributed by atoms with E-state index in [4.69, 9.17) is 4.74 Å². The van der Waals surface area contributed by atoms with Crippen LogP contribution in [-0.2, 0) is 6.54 Å². The molecule has 4 rings (SSSR count). The maximum Gasteiger partial charge on any atom is 0.162 e. The normalized spacial score (nSPS) is 10.8. The molecule has 0 amide bonds. The number of phenols is 1. The van der Waals surface area contributed by atoms with E-state index in [1.54, 1.807) is 12.1 Å². The van der Waals surface area contributed by atoms with Crippen molar-refractivity contribution in [3.8, 4) is 22.9 Å². The van der Waals surface area contributed by atoms with Crippen LogP contribution in [0.25, 0.3) is 22.4 Å². The molecule has 0 saturated carbocycles. The molecule has 1 aromatic heterocycles. The number of methoxy groups -OCH3 is 1. The topological polar surface area (TPSA) is 70.2 Å². The summed E-state index contributed by atoms with van der Waals surface area (Å²) in [5.41, 5.74) is 5.05. The van der Waals surface area contributed by atoms with Crippen LogP contribution in [0.5, 0.6) is 11.5 Å². The standard InChI is InChI=1S/C21H19N3O2/c1-26-20-12-16(9-10-19(20)25)22-13-14-5-4-6-15(11-14)21-23-17-7-2-3-8-18(17)24-21/h2-12,22,25H,13H2,1H3,(H,23,24). The molecule has 3 N–H and O–H groups in total. The van der Waals surface area contributed by atoms with Gasteiger partial charge in [0.1, 0.15) is 5.82 Å². The molecule has 0 aliphatic heterocycles. The van der Waals surface area contributed by atoms with Crippen molar-refractivity contribution in [2.45, 2.75) is 6.54 Å². The fourth-order valence-electron chi connectivity index (χ4n) is 2.91. The SMILES string of the molecule is COc1cc(NCc2cccc(-c3nc4ccccc4[nH]3)c2)ccc1O. The number of anilines is 1. The highest BCUT2D eigenvalue weighted by molar-refractivity contribution is 5.79. The number of para-hydroxylation sites is 2. The van der Waals surface area contributed by atoms with Gasteiger partial charge in [0.05, 0.1) is 18.1 Å². The monoisotopic (exact) mass is 345 g/mol. The van der Waals surface area contributed by atoms with Crippen molar-refractivity contribution in [2.75, 3.05) is 12.4 Å². The van der Waals surface area contributed by atoms with E-state index in [1.807, 2.05) is 42.5 Å². The molecule has 0 unspecified atom stereocenters. The third-order valence-electron chi connectivity index (χ3n) is 4.27. The molecule has 0 atom stereocenters. The first-order chi connectivity index (χ1) is 12.7. The van der Waals surface area contributed by atoms with Crippen LogP contribution >= 0.6 is 0 Å². The number of benzene rings is 3. The van der Waals surface area contributed by atoms with Crippen LogP contribution in [0.2, 0.25) is 0 Å². The van der Waals surface area contributed by atoms with E-state index >= 15 is 0 Å². The smallest absolute Gasteiger partial charge is 0.162 e. The average molecular weight is 345 g/mol. The highest BCUT2D eigenvalue weighted by Crippen LogP contribution is 2.29.